The van der Waals surface area contributed by atoms with E-state index in [1.54, 1.807) is 18.2 Å². The number of nitriles is 1. The number of fused-ring (bicyclic) bond motifs is 2. The van der Waals surface area contributed by atoms with Gasteiger partial charge in [-0.3, -0.25) is 4.79 Å². The zero-order valence-corrected chi connectivity index (χ0v) is 12.0. The Bertz CT molecular complexity index is 606. The number of carbonyl (C=O) groups is 1. The van der Waals surface area contributed by atoms with Crippen molar-refractivity contribution in [2.24, 2.45) is 23.5 Å². The number of rotatable bonds is 3. The van der Waals surface area contributed by atoms with Gasteiger partial charge >= 0.3 is 0 Å². The van der Waals surface area contributed by atoms with Crippen molar-refractivity contribution in [2.75, 3.05) is 12.4 Å². The van der Waals surface area contributed by atoms with Gasteiger partial charge in [-0.2, -0.15) is 5.26 Å². The second-order valence-corrected chi connectivity index (χ2v) is 5.95. The molecule has 5 heteroatoms. The van der Waals surface area contributed by atoms with Gasteiger partial charge < -0.3 is 15.8 Å². The summed E-state index contributed by atoms with van der Waals surface area (Å²) >= 11 is 0. The quantitative estimate of drug-likeness (QED) is 0.887. The fourth-order valence-electron chi connectivity index (χ4n) is 3.80. The highest BCUT2D eigenvalue weighted by molar-refractivity contribution is 5.95. The molecule has 4 atom stereocenters. The van der Waals surface area contributed by atoms with E-state index in [0.717, 1.165) is 19.3 Å². The average Bonchev–Trinajstić information content (AvgIpc) is 3.08. The molecule has 110 valence electrons. The average molecular weight is 285 g/mol. The molecule has 2 fully saturated rings. The van der Waals surface area contributed by atoms with E-state index in [2.05, 4.69) is 11.4 Å². The molecule has 0 saturated heterocycles. The molecule has 4 unspecified atom stereocenters. The van der Waals surface area contributed by atoms with E-state index < -0.39 is 0 Å². The lowest BCUT2D eigenvalue weighted by atomic mass is 9.84. The van der Waals surface area contributed by atoms with E-state index in [-0.39, 0.29) is 17.9 Å². The summed E-state index contributed by atoms with van der Waals surface area (Å²) in [7, 11) is 1.52. The Morgan fingerprint density at radius 2 is 2.19 bits per heavy atom. The van der Waals surface area contributed by atoms with Gasteiger partial charge in [0.05, 0.1) is 30.3 Å². The number of nitrogens with two attached hydrogens (primary N) is 1. The van der Waals surface area contributed by atoms with Crippen LogP contribution in [0, 0.1) is 29.1 Å². The third-order valence-corrected chi connectivity index (χ3v) is 4.87. The number of ether oxygens (including phenoxy) is 1. The lowest BCUT2D eigenvalue weighted by Gasteiger charge is -2.27. The normalized spacial score (nSPS) is 30.0. The van der Waals surface area contributed by atoms with E-state index in [9.17, 15) is 4.79 Å². The van der Waals surface area contributed by atoms with Crippen molar-refractivity contribution >= 4 is 11.6 Å². The van der Waals surface area contributed by atoms with Crippen LogP contribution < -0.4 is 15.8 Å². The Balaban J connectivity index is 1.78. The molecule has 0 heterocycles. The van der Waals surface area contributed by atoms with Crippen molar-refractivity contribution in [3.8, 4) is 11.8 Å². The van der Waals surface area contributed by atoms with Crippen LogP contribution in [0.5, 0.6) is 5.75 Å². The predicted molar refractivity (Wildman–Crippen MR) is 78.6 cm³/mol. The predicted octanol–water partition coefficient (Wildman–Crippen LogP) is 1.88. The topological polar surface area (TPSA) is 88.1 Å². The van der Waals surface area contributed by atoms with Crippen molar-refractivity contribution in [1.29, 1.82) is 5.26 Å². The molecule has 3 rings (SSSR count). The van der Waals surface area contributed by atoms with E-state index >= 15 is 0 Å². The van der Waals surface area contributed by atoms with Gasteiger partial charge in [-0.15, -0.1) is 0 Å². The minimum atomic E-state index is -0.107. The molecule has 5 nitrogen and oxygen atoms in total. The number of carbonyl (C=O) groups excluding carboxylic acids is 1. The fraction of sp³-hybridized carbons (Fsp3) is 0.500. The molecule has 2 saturated carbocycles. The van der Waals surface area contributed by atoms with E-state index in [4.69, 9.17) is 15.7 Å². The number of nitrogens with zero attached hydrogens (tertiary/aromatic N) is 1. The van der Waals surface area contributed by atoms with Gasteiger partial charge in [-0.05, 0) is 43.2 Å². The van der Waals surface area contributed by atoms with Gasteiger partial charge in [-0.25, -0.2) is 0 Å². The third-order valence-electron chi connectivity index (χ3n) is 4.87. The number of methoxy groups -OCH3 is 1. The first-order valence-electron chi connectivity index (χ1n) is 7.28. The molecule has 2 aliphatic rings. The lowest BCUT2D eigenvalue weighted by molar-refractivity contribution is -0.121. The highest BCUT2D eigenvalue weighted by atomic mass is 16.5. The number of hydrogen-bond donors (Lipinski definition) is 2. The monoisotopic (exact) mass is 285 g/mol. The Labute approximate surface area is 124 Å². The van der Waals surface area contributed by atoms with E-state index in [0.29, 0.717) is 28.8 Å². The molecule has 2 aliphatic carbocycles. The van der Waals surface area contributed by atoms with Gasteiger partial charge in [-0.1, -0.05) is 0 Å². The summed E-state index contributed by atoms with van der Waals surface area (Å²) in [6, 6.07) is 7.01. The van der Waals surface area contributed by atoms with Crippen LogP contribution in [0.1, 0.15) is 24.8 Å². The summed E-state index contributed by atoms with van der Waals surface area (Å²) in [4.78, 5) is 12.5. The van der Waals surface area contributed by atoms with Crippen molar-refractivity contribution in [3.63, 3.8) is 0 Å². The summed E-state index contributed by atoms with van der Waals surface area (Å²) < 4.78 is 5.24. The van der Waals surface area contributed by atoms with Crippen molar-refractivity contribution in [2.45, 2.75) is 25.3 Å². The van der Waals surface area contributed by atoms with E-state index in [1.165, 1.54) is 7.11 Å². The maximum Gasteiger partial charge on any atom is 0.229 e. The van der Waals surface area contributed by atoms with Gasteiger partial charge in [0, 0.05) is 12.1 Å². The van der Waals surface area contributed by atoms with Gasteiger partial charge in [0.25, 0.3) is 0 Å². The number of nitrogens with one attached hydrogen (secondary N) is 1. The van der Waals surface area contributed by atoms with Crippen LogP contribution >= 0.6 is 0 Å². The van der Waals surface area contributed by atoms with Crippen LogP contribution in [0.25, 0.3) is 0 Å². The lowest BCUT2D eigenvalue weighted by Crippen LogP contribution is -2.42. The van der Waals surface area contributed by atoms with Crippen LogP contribution in [-0.4, -0.2) is 19.1 Å². The molecule has 1 aromatic rings. The Hall–Kier alpha value is -2.06. The van der Waals surface area contributed by atoms with Crippen molar-refractivity contribution in [3.05, 3.63) is 23.8 Å². The Morgan fingerprint density at radius 3 is 2.81 bits per heavy atom. The SMILES string of the molecule is COc1cc(C#N)ccc1NC(=O)C1C2CCC(C2)C1N. The largest absolute Gasteiger partial charge is 0.495 e. The van der Waals surface area contributed by atoms with Gasteiger partial charge in [0.15, 0.2) is 0 Å². The third kappa shape index (κ3) is 2.36. The summed E-state index contributed by atoms with van der Waals surface area (Å²) in [6.07, 6.45) is 3.32. The maximum absolute atomic E-state index is 12.5. The molecule has 1 aromatic carbocycles. The molecular formula is C16H19N3O2. The van der Waals surface area contributed by atoms with E-state index in [1.807, 2.05) is 0 Å². The highest BCUT2D eigenvalue weighted by Crippen LogP contribution is 2.48. The smallest absolute Gasteiger partial charge is 0.229 e. The maximum atomic E-state index is 12.5. The summed E-state index contributed by atoms with van der Waals surface area (Å²) in [5.41, 5.74) is 7.30. The van der Waals surface area contributed by atoms with Gasteiger partial charge in [0.2, 0.25) is 5.91 Å². The zero-order chi connectivity index (χ0) is 15.0. The van der Waals surface area contributed by atoms with Crippen LogP contribution in [-0.2, 0) is 4.79 Å². The molecule has 0 aliphatic heterocycles. The summed E-state index contributed by atoms with van der Waals surface area (Å²) in [6.45, 7) is 0. The Morgan fingerprint density at radius 1 is 1.43 bits per heavy atom. The van der Waals surface area contributed by atoms with Crippen LogP contribution in [0.4, 0.5) is 5.69 Å². The molecule has 0 radical (unpaired) electrons. The fourth-order valence-corrected chi connectivity index (χ4v) is 3.80. The standard InChI is InChI=1S/C16H19N3O2/c1-21-13-6-9(8-17)2-5-12(13)19-16(20)14-10-3-4-11(7-10)15(14)18/h2,5-6,10-11,14-15H,3-4,7,18H2,1H3,(H,19,20). The minimum Gasteiger partial charge on any atom is -0.495 e. The minimum absolute atomic E-state index is 0.0299. The molecule has 0 aromatic heterocycles. The van der Waals surface area contributed by atoms with Crippen LogP contribution in [0.2, 0.25) is 0 Å². The molecule has 1 amide bonds. The summed E-state index contributed by atoms with van der Waals surface area (Å²) in [5, 5.41) is 11.8. The molecule has 2 bridgehead atoms. The van der Waals surface area contributed by atoms with Gasteiger partial charge in [0.1, 0.15) is 5.75 Å². The first kappa shape index (κ1) is 13.9. The molecule has 3 N–H and O–H groups in total. The number of benzene rings is 1. The molecule has 21 heavy (non-hydrogen) atoms. The first-order chi connectivity index (χ1) is 10.1. The molecule has 0 spiro atoms. The first-order valence-corrected chi connectivity index (χ1v) is 7.28. The van der Waals surface area contributed by atoms with Crippen LogP contribution in [0.15, 0.2) is 18.2 Å². The highest BCUT2D eigenvalue weighted by Gasteiger charge is 2.49. The Kier molecular flexibility index (Phi) is 3.56. The second-order valence-electron chi connectivity index (χ2n) is 5.95. The zero-order valence-electron chi connectivity index (χ0n) is 12.0. The summed E-state index contributed by atoms with van der Waals surface area (Å²) in [5.74, 6) is 1.27. The number of amides is 1. The number of anilines is 1. The second kappa shape index (κ2) is 5.38. The van der Waals surface area contributed by atoms with Crippen LogP contribution in [0.3, 0.4) is 0 Å². The van der Waals surface area contributed by atoms with Crippen molar-refractivity contribution < 1.29 is 9.53 Å². The van der Waals surface area contributed by atoms with Crippen molar-refractivity contribution in [1.82, 2.24) is 0 Å². The number of hydrogen-bond acceptors (Lipinski definition) is 4. The molecular weight excluding hydrogens is 266 g/mol.